The molecule has 23 heavy (non-hydrogen) atoms. The Hall–Kier alpha value is -1.84. The molecule has 1 aliphatic carbocycles. The van der Waals surface area contributed by atoms with E-state index in [9.17, 15) is 4.79 Å². The first-order chi connectivity index (χ1) is 11.1. The van der Waals surface area contributed by atoms with Crippen molar-refractivity contribution in [2.24, 2.45) is 5.92 Å². The van der Waals surface area contributed by atoms with Crippen LogP contribution in [0.15, 0.2) is 18.2 Å². The monoisotopic (exact) mass is 348 g/mol. The van der Waals surface area contributed by atoms with Crippen molar-refractivity contribution in [3.8, 4) is 6.07 Å². The lowest BCUT2D eigenvalue weighted by Crippen LogP contribution is -2.42. The number of rotatable bonds is 2. The Labute approximate surface area is 143 Å². The van der Waals surface area contributed by atoms with Crippen molar-refractivity contribution in [2.75, 3.05) is 12.4 Å². The minimum absolute atomic E-state index is 0.0496. The summed E-state index contributed by atoms with van der Waals surface area (Å²) in [5, 5.41) is 13.1. The van der Waals surface area contributed by atoms with Gasteiger partial charge in [0.15, 0.2) is 5.13 Å². The average molecular weight is 349 g/mol. The van der Waals surface area contributed by atoms with Crippen LogP contribution in [0, 0.1) is 17.2 Å². The number of amides is 2. The molecule has 1 unspecified atom stereocenters. The van der Waals surface area contributed by atoms with E-state index in [2.05, 4.69) is 16.4 Å². The predicted octanol–water partition coefficient (Wildman–Crippen LogP) is 4.50. The van der Waals surface area contributed by atoms with Gasteiger partial charge < -0.3 is 4.90 Å². The highest BCUT2D eigenvalue weighted by molar-refractivity contribution is 7.22. The van der Waals surface area contributed by atoms with Crippen molar-refractivity contribution in [1.82, 2.24) is 9.88 Å². The van der Waals surface area contributed by atoms with E-state index in [-0.39, 0.29) is 18.0 Å². The van der Waals surface area contributed by atoms with E-state index in [0.717, 1.165) is 35.9 Å². The number of anilines is 1. The standard InChI is InChI=1S/C16H17ClN4OS/c1-21(12-4-2-3-10(7-12)9-18)16(22)20-15-19-13-6-5-11(17)8-14(13)23-15/h5-6,8,10,12H,2-4,7H2,1H3,(H,19,20,22)/t10-,12?/m1/s1. The number of carbonyl (C=O) groups is 1. The molecule has 2 atom stereocenters. The van der Waals surface area contributed by atoms with Gasteiger partial charge in [-0.05, 0) is 37.5 Å². The molecule has 1 aromatic carbocycles. The Morgan fingerprint density at radius 2 is 2.35 bits per heavy atom. The number of hydrogen-bond donors (Lipinski definition) is 1. The third-order valence-electron chi connectivity index (χ3n) is 4.26. The van der Waals surface area contributed by atoms with Crippen LogP contribution < -0.4 is 5.32 Å². The van der Waals surface area contributed by atoms with Crippen LogP contribution in [0.1, 0.15) is 25.7 Å². The summed E-state index contributed by atoms with van der Waals surface area (Å²) in [6, 6.07) is 7.71. The van der Waals surface area contributed by atoms with Crippen LogP contribution in [0.4, 0.5) is 9.93 Å². The zero-order valence-electron chi connectivity index (χ0n) is 12.8. The molecule has 0 saturated heterocycles. The highest BCUT2D eigenvalue weighted by atomic mass is 35.5. The van der Waals surface area contributed by atoms with Gasteiger partial charge in [0.05, 0.1) is 16.3 Å². The fourth-order valence-electron chi connectivity index (χ4n) is 2.93. The largest absolute Gasteiger partial charge is 0.325 e. The summed E-state index contributed by atoms with van der Waals surface area (Å²) < 4.78 is 0.942. The predicted molar refractivity (Wildman–Crippen MR) is 92.8 cm³/mol. The molecule has 0 radical (unpaired) electrons. The number of aromatic nitrogens is 1. The van der Waals surface area contributed by atoms with Crippen molar-refractivity contribution < 1.29 is 4.79 Å². The van der Waals surface area contributed by atoms with Gasteiger partial charge >= 0.3 is 6.03 Å². The molecular formula is C16H17ClN4OS. The van der Waals surface area contributed by atoms with Gasteiger partial charge in [-0.2, -0.15) is 5.26 Å². The Kier molecular flexibility index (Phi) is 4.69. The van der Waals surface area contributed by atoms with Gasteiger partial charge in [-0.3, -0.25) is 5.32 Å². The smallest absolute Gasteiger partial charge is 0.323 e. The molecule has 1 saturated carbocycles. The van der Waals surface area contributed by atoms with Crippen molar-refractivity contribution in [2.45, 2.75) is 31.7 Å². The normalized spacial score (nSPS) is 20.9. The van der Waals surface area contributed by atoms with Gasteiger partial charge in [0, 0.05) is 24.0 Å². The third-order valence-corrected chi connectivity index (χ3v) is 5.43. The second kappa shape index (κ2) is 6.73. The molecule has 1 aromatic heterocycles. The van der Waals surface area contributed by atoms with E-state index in [1.807, 2.05) is 12.1 Å². The summed E-state index contributed by atoms with van der Waals surface area (Å²) in [5.74, 6) is 0.0496. The van der Waals surface area contributed by atoms with E-state index in [0.29, 0.717) is 10.2 Å². The van der Waals surface area contributed by atoms with Crippen LogP contribution in [0.3, 0.4) is 0 Å². The van der Waals surface area contributed by atoms with E-state index >= 15 is 0 Å². The van der Waals surface area contributed by atoms with Crippen molar-refractivity contribution in [1.29, 1.82) is 5.26 Å². The maximum absolute atomic E-state index is 12.4. The van der Waals surface area contributed by atoms with E-state index in [4.69, 9.17) is 16.9 Å². The molecule has 3 rings (SSSR count). The van der Waals surface area contributed by atoms with Gasteiger partial charge in [0.25, 0.3) is 0 Å². The number of nitriles is 1. The molecule has 1 heterocycles. The number of nitrogens with one attached hydrogen (secondary N) is 1. The van der Waals surface area contributed by atoms with Crippen LogP contribution >= 0.6 is 22.9 Å². The summed E-state index contributed by atoms with van der Waals surface area (Å²) in [4.78, 5) is 18.5. The molecule has 1 fully saturated rings. The quantitative estimate of drug-likeness (QED) is 0.868. The fraction of sp³-hybridized carbons (Fsp3) is 0.438. The Morgan fingerprint density at radius 3 is 3.13 bits per heavy atom. The number of hydrogen-bond acceptors (Lipinski definition) is 4. The molecule has 1 aliphatic rings. The Morgan fingerprint density at radius 1 is 1.52 bits per heavy atom. The summed E-state index contributed by atoms with van der Waals surface area (Å²) in [6.45, 7) is 0. The van der Waals surface area contributed by atoms with Crippen molar-refractivity contribution in [3.05, 3.63) is 23.2 Å². The van der Waals surface area contributed by atoms with E-state index < -0.39 is 0 Å². The first-order valence-electron chi connectivity index (χ1n) is 7.56. The summed E-state index contributed by atoms with van der Waals surface area (Å²) in [5.41, 5.74) is 0.819. The molecule has 1 N–H and O–H groups in total. The molecule has 5 nitrogen and oxygen atoms in total. The minimum atomic E-state index is -0.182. The number of halogens is 1. The first-order valence-corrected chi connectivity index (χ1v) is 8.76. The maximum Gasteiger partial charge on any atom is 0.323 e. The molecule has 2 amide bonds. The second-order valence-electron chi connectivity index (χ2n) is 5.82. The SMILES string of the molecule is CN(C(=O)Nc1nc2ccc(Cl)cc2s1)C1CCC[C@@H](C#N)C1. The zero-order valence-corrected chi connectivity index (χ0v) is 14.3. The van der Waals surface area contributed by atoms with Crippen LogP contribution in [-0.2, 0) is 0 Å². The minimum Gasteiger partial charge on any atom is -0.325 e. The molecule has 0 spiro atoms. The van der Waals surface area contributed by atoms with Crippen LogP contribution in [-0.4, -0.2) is 29.0 Å². The molecular weight excluding hydrogens is 332 g/mol. The molecule has 7 heteroatoms. The summed E-state index contributed by atoms with van der Waals surface area (Å²) in [7, 11) is 1.78. The molecule has 0 aliphatic heterocycles. The van der Waals surface area contributed by atoms with Gasteiger partial charge in [-0.1, -0.05) is 29.4 Å². The summed E-state index contributed by atoms with van der Waals surface area (Å²) >= 11 is 7.37. The number of nitrogens with zero attached hydrogens (tertiary/aromatic N) is 3. The average Bonchev–Trinajstić information content (AvgIpc) is 2.95. The third kappa shape index (κ3) is 3.57. The number of urea groups is 1. The van der Waals surface area contributed by atoms with Crippen molar-refractivity contribution in [3.63, 3.8) is 0 Å². The van der Waals surface area contributed by atoms with E-state index in [1.54, 1.807) is 18.0 Å². The maximum atomic E-state index is 12.4. The van der Waals surface area contributed by atoms with Gasteiger partial charge in [-0.25, -0.2) is 9.78 Å². The highest BCUT2D eigenvalue weighted by Gasteiger charge is 2.27. The lowest BCUT2D eigenvalue weighted by atomic mass is 9.86. The van der Waals surface area contributed by atoms with Gasteiger partial charge in [-0.15, -0.1) is 0 Å². The lowest BCUT2D eigenvalue weighted by Gasteiger charge is -2.32. The number of thiazole rings is 1. The van der Waals surface area contributed by atoms with Gasteiger partial charge in [0.1, 0.15) is 0 Å². The van der Waals surface area contributed by atoms with E-state index in [1.165, 1.54) is 11.3 Å². The Bertz CT molecular complexity index is 769. The van der Waals surface area contributed by atoms with Crippen molar-refractivity contribution >= 4 is 44.3 Å². The zero-order chi connectivity index (χ0) is 16.4. The van der Waals surface area contributed by atoms with Gasteiger partial charge in [0.2, 0.25) is 0 Å². The highest BCUT2D eigenvalue weighted by Crippen LogP contribution is 2.30. The van der Waals surface area contributed by atoms with Crippen LogP contribution in [0.2, 0.25) is 5.02 Å². The van der Waals surface area contributed by atoms with Crippen LogP contribution in [0.5, 0.6) is 0 Å². The number of benzene rings is 1. The number of carbonyl (C=O) groups excluding carboxylic acids is 1. The second-order valence-corrected chi connectivity index (χ2v) is 7.29. The lowest BCUT2D eigenvalue weighted by molar-refractivity contribution is 0.177. The molecule has 120 valence electrons. The molecule has 2 aromatic rings. The fourth-order valence-corrected chi connectivity index (χ4v) is 4.06. The van der Waals surface area contributed by atoms with Crippen LogP contribution in [0.25, 0.3) is 10.2 Å². The summed E-state index contributed by atoms with van der Waals surface area (Å²) in [6.07, 6.45) is 3.61. The molecule has 0 bridgehead atoms. The first kappa shape index (κ1) is 16.0. The number of fused-ring (bicyclic) bond motifs is 1. The Balaban J connectivity index is 1.68. The topological polar surface area (TPSA) is 69.0 Å².